The summed E-state index contributed by atoms with van der Waals surface area (Å²) in [6.45, 7) is 3.71. The number of hydrogen-bond donors (Lipinski definition) is 2. The van der Waals surface area contributed by atoms with Crippen LogP contribution in [0.5, 0.6) is 0 Å². The number of hydrogen-bond acceptors (Lipinski definition) is 4. The summed E-state index contributed by atoms with van der Waals surface area (Å²) >= 11 is 0. The van der Waals surface area contributed by atoms with E-state index in [1.165, 1.54) is 0 Å². The van der Waals surface area contributed by atoms with Crippen LogP contribution >= 0.6 is 0 Å². The van der Waals surface area contributed by atoms with Crippen LogP contribution in [0.4, 0.5) is 5.82 Å². The van der Waals surface area contributed by atoms with Gasteiger partial charge < -0.3 is 10.4 Å². The van der Waals surface area contributed by atoms with E-state index in [9.17, 15) is 0 Å². The van der Waals surface area contributed by atoms with Crippen LogP contribution in [0, 0.1) is 18.3 Å². The first-order valence-corrected chi connectivity index (χ1v) is 4.42. The first-order valence-electron chi connectivity index (χ1n) is 4.42. The lowest BCUT2D eigenvalue weighted by Crippen LogP contribution is -2.20. The Labute approximate surface area is 83.2 Å². The van der Waals surface area contributed by atoms with E-state index >= 15 is 0 Å². The summed E-state index contributed by atoms with van der Waals surface area (Å²) in [5.74, 6) is 0.628. The van der Waals surface area contributed by atoms with E-state index in [1.807, 2.05) is 13.8 Å². The van der Waals surface area contributed by atoms with Gasteiger partial charge in [0, 0.05) is 11.7 Å². The largest absolute Gasteiger partial charge is 0.394 e. The maximum Gasteiger partial charge on any atom is 0.127 e. The summed E-state index contributed by atoms with van der Waals surface area (Å²) in [5, 5.41) is 20.6. The Morgan fingerprint density at radius 3 is 2.93 bits per heavy atom. The molecule has 0 saturated heterocycles. The first-order chi connectivity index (χ1) is 6.65. The van der Waals surface area contributed by atoms with E-state index in [2.05, 4.69) is 16.4 Å². The predicted octanol–water partition coefficient (Wildman–Crippen LogP) is 1.05. The summed E-state index contributed by atoms with van der Waals surface area (Å²) in [5.41, 5.74) is 1.36. The first kappa shape index (κ1) is 10.5. The van der Waals surface area contributed by atoms with Gasteiger partial charge in [-0.05, 0) is 26.0 Å². The zero-order chi connectivity index (χ0) is 10.6. The van der Waals surface area contributed by atoms with Crippen LogP contribution in [0.2, 0.25) is 0 Å². The predicted molar refractivity (Wildman–Crippen MR) is 53.9 cm³/mol. The summed E-state index contributed by atoms with van der Waals surface area (Å²) in [4.78, 5) is 4.20. The van der Waals surface area contributed by atoms with Crippen molar-refractivity contribution >= 4 is 5.82 Å². The van der Waals surface area contributed by atoms with E-state index < -0.39 is 0 Å². The number of nitrogens with one attached hydrogen (secondary N) is 1. The number of pyridine rings is 1. The Balaban J connectivity index is 2.88. The number of aromatic nitrogens is 1. The van der Waals surface area contributed by atoms with Crippen molar-refractivity contribution in [1.29, 1.82) is 5.26 Å². The lowest BCUT2D eigenvalue weighted by molar-refractivity contribution is 0.281. The summed E-state index contributed by atoms with van der Waals surface area (Å²) in [7, 11) is 0. The highest BCUT2D eigenvalue weighted by Crippen LogP contribution is 2.09. The fourth-order valence-electron chi connectivity index (χ4n) is 1.11. The molecule has 4 nitrogen and oxygen atoms in total. The number of nitriles is 1. The Kier molecular flexibility index (Phi) is 3.43. The number of anilines is 1. The Morgan fingerprint density at radius 1 is 1.64 bits per heavy atom. The maximum atomic E-state index is 8.84. The average molecular weight is 191 g/mol. The summed E-state index contributed by atoms with van der Waals surface area (Å²) in [6.07, 6.45) is 0. The second-order valence-corrected chi connectivity index (χ2v) is 3.22. The minimum atomic E-state index is -0.0594. The van der Waals surface area contributed by atoms with Crippen molar-refractivity contribution in [2.45, 2.75) is 19.9 Å². The number of aliphatic hydroxyl groups is 1. The molecule has 1 atom stereocenters. The fraction of sp³-hybridized carbons (Fsp3) is 0.400. The Hall–Kier alpha value is -1.60. The van der Waals surface area contributed by atoms with Crippen LogP contribution in [-0.4, -0.2) is 22.7 Å². The highest BCUT2D eigenvalue weighted by Gasteiger charge is 2.03. The van der Waals surface area contributed by atoms with Crippen molar-refractivity contribution in [2.75, 3.05) is 11.9 Å². The molecule has 1 unspecified atom stereocenters. The average Bonchev–Trinajstić information content (AvgIpc) is 2.16. The molecule has 1 aromatic heterocycles. The molecule has 0 aliphatic carbocycles. The van der Waals surface area contributed by atoms with Gasteiger partial charge in [-0.1, -0.05) is 0 Å². The molecular formula is C10H13N3O. The van der Waals surface area contributed by atoms with E-state index in [-0.39, 0.29) is 12.6 Å². The van der Waals surface area contributed by atoms with E-state index in [0.717, 1.165) is 5.69 Å². The summed E-state index contributed by atoms with van der Waals surface area (Å²) in [6, 6.07) is 5.38. The minimum absolute atomic E-state index is 0.0392. The molecule has 14 heavy (non-hydrogen) atoms. The molecule has 0 radical (unpaired) electrons. The quantitative estimate of drug-likeness (QED) is 0.749. The molecule has 1 rings (SSSR count). The van der Waals surface area contributed by atoms with Crippen LogP contribution in [-0.2, 0) is 0 Å². The zero-order valence-electron chi connectivity index (χ0n) is 8.28. The van der Waals surface area contributed by atoms with Gasteiger partial charge in [-0.25, -0.2) is 4.98 Å². The van der Waals surface area contributed by atoms with Gasteiger partial charge >= 0.3 is 0 Å². The van der Waals surface area contributed by atoms with Gasteiger partial charge in [-0.15, -0.1) is 0 Å². The Morgan fingerprint density at radius 2 is 2.36 bits per heavy atom. The molecular weight excluding hydrogens is 178 g/mol. The van der Waals surface area contributed by atoms with Crippen molar-refractivity contribution in [2.24, 2.45) is 0 Å². The molecule has 0 aliphatic rings. The molecule has 1 heterocycles. The normalized spacial score (nSPS) is 11.9. The lowest BCUT2D eigenvalue weighted by atomic mass is 10.2. The van der Waals surface area contributed by atoms with Gasteiger partial charge in [-0.3, -0.25) is 0 Å². The highest BCUT2D eigenvalue weighted by atomic mass is 16.3. The van der Waals surface area contributed by atoms with Crippen molar-refractivity contribution in [3.8, 4) is 6.07 Å². The van der Waals surface area contributed by atoms with E-state index in [4.69, 9.17) is 10.4 Å². The van der Waals surface area contributed by atoms with Gasteiger partial charge in [0.15, 0.2) is 0 Å². The Bertz CT molecular complexity index is 357. The monoisotopic (exact) mass is 191 g/mol. The molecule has 0 bridgehead atoms. The van der Waals surface area contributed by atoms with Crippen molar-refractivity contribution in [1.82, 2.24) is 4.98 Å². The molecule has 0 amide bonds. The van der Waals surface area contributed by atoms with Gasteiger partial charge in [0.05, 0.1) is 18.2 Å². The number of aliphatic hydroxyl groups excluding tert-OH is 1. The highest BCUT2D eigenvalue weighted by molar-refractivity contribution is 5.44. The molecule has 0 aliphatic heterocycles. The van der Waals surface area contributed by atoms with E-state index in [1.54, 1.807) is 12.1 Å². The molecule has 4 heteroatoms. The number of aryl methyl sites for hydroxylation is 1. The third kappa shape index (κ3) is 2.71. The third-order valence-electron chi connectivity index (χ3n) is 1.75. The van der Waals surface area contributed by atoms with Crippen LogP contribution in [0.3, 0.4) is 0 Å². The van der Waals surface area contributed by atoms with E-state index in [0.29, 0.717) is 11.4 Å². The molecule has 2 N–H and O–H groups in total. The SMILES string of the molecule is Cc1cc(C#N)cc(NC(C)CO)n1. The molecule has 74 valence electrons. The van der Waals surface area contributed by atoms with Gasteiger partial charge in [-0.2, -0.15) is 5.26 Å². The number of nitrogens with zero attached hydrogens (tertiary/aromatic N) is 2. The molecule has 0 saturated carbocycles. The zero-order valence-corrected chi connectivity index (χ0v) is 8.28. The third-order valence-corrected chi connectivity index (χ3v) is 1.75. The van der Waals surface area contributed by atoms with Crippen LogP contribution in [0.25, 0.3) is 0 Å². The fourth-order valence-corrected chi connectivity index (χ4v) is 1.11. The molecule has 0 fully saturated rings. The second kappa shape index (κ2) is 4.58. The summed E-state index contributed by atoms with van der Waals surface area (Å²) < 4.78 is 0. The second-order valence-electron chi connectivity index (χ2n) is 3.22. The molecule has 1 aromatic rings. The van der Waals surface area contributed by atoms with Gasteiger partial charge in [0.2, 0.25) is 0 Å². The topological polar surface area (TPSA) is 68.9 Å². The molecule has 0 aromatic carbocycles. The van der Waals surface area contributed by atoms with Gasteiger partial charge in [0.25, 0.3) is 0 Å². The van der Waals surface area contributed by atoms with Crippen LogP contribution in [0.1, 0.15) is 18.2 Å². The number of rotatable bonds is 3. The maximum absolute atomic E-state index is 8.84. The minimum Gasteiger partial charge on any atom is -0.394 e. The van der Waals surface area contributed by atoms with Crippen LogP contribution < -0.4 is 5.32 Å². The van der Waals surface area contributed by atoms with Gasteiger partial charge in [0.1, 0.15) is 5.82 Å². The van der Waals surface area contributed by atoms with Crippen molar-refractivity contribution in [3.63, 3.8) is 0 Å². The van der Waals surface area contributed by atoms with Crippen molar-refractivity contribution < 1.29 is 5.11 Å². The van der Waals surface area contributed by atoms with Crippen molar-refractivity contribution in [3.05, 3.63) is 23.4 Å². The lowest BCUT2D eigenvalue weighted by Gasteiger charge is -2.11. The molecule has 0 spiro atoms. The smallest absolute Gasteiger partial charge is 0.127 e. The van der Waals surface area contributed by atoms with Crippen LogP contribution in [0.15, 0.2) is 12.1 Å². The standard InChI is InChI=1S/C10H13N3O/c1-7-3-9(5-11)4-10(12-7)13-8(2)6-14/h3-4,8,14H,6H2,1-2H3,(H,12,13).